The lowest BCUT2D eigenvalue weighted by atomic mass is 10.1. The largest absolute Gasteiger partial charge is 0.322 e. The second-order valence-corrected chi connectivity index (χ2v) is 8.89. The molecule has 0 unspecified atom stereocenters. The Morgan fingerprint density at radius 2 is 1.57 bits per heavy atom. The molecule has 1 aliphatic rings. The van der Waals surface area contributed by atoms with E-state index in [9.17, 15) is 22.0 Å². The first-order valence-electron chi connectivity index (χ1n) is 9.34. The van der Waals surface area contributed by atoms with Crippen molar-refractivity contribution in [2.75, 3.05) is 31.5 Å². The Kier molecular flexibility index (Phi) is 5.40. The van der Waals surface area contributed by atoms with Gasteiger partial charge in [-0.1, -0.05) is 30.3 Å². The average molecular weight is 431 g/mol. The predicted molar refractivity (Wildman–Crippen MR) is 110 cm³/mol. The number of carbonyl (C=O) groups is 1. The van der Waals surface area contributed by atoms with Crippen molar-refractivity contribution in [1.82, 2.24) is 9.21 Å². The zero-order valence-electron chi connectivity index (χ0n) is 15.9. The molecule has 0 atom stereocenters. The summed E-state index contributed by atoms with van der Waals surface area (Å²) in [6.45, 7) is 0.547. The lowest BCUT2D eigenvalue weighted by Crippen LogP contribution is -2.51. The number of halogens is 2. The molecule has 156 valence electrons. The Bertz CT molecular complexity index is 1210. The van der Waals surface area contributed by atoms with E-state index in [4.69, 9.17) is 0 Å². The molecular formula is C21H19F2N3O3S. The molecular weight excluding hydrogens is 412 g/mol. The van der Waals surface area contributed by atoms with E-state index < -0.39 is 27.7 Å². The number of hydrogen-bond acceptors (Lipinski definition) is 3. The monoisotopic (exact) mass is 431 g/mol. The Labute approximate surface area is 172 Å². The number of sulfonamides is 1. The molecule has 4 rings (SSSR count). The normalized spacial score (nSPS) is 15.3. The van der Waals surface area contributed by atoms with Gasteiger partial charge >= 0.3 is 6.03 Å². The first-order valence-corrected chi connectivity index (χ1v) is 10.8. The molecule has 1 saturated heterocycles. The summed E-state index contributed by atoms with van der Waals surface area (Å²) in [5.41, 5.74) is -0.132. The number of hydrogen-bond donors (Lipinski definition) is 1. The van der Waals surface area contributed by atoms with Crippen LogP contribution in [0.15, 0.2) is 65.6 Å². The van der Waals surface area contributed by atoms with Crippen molar-refractivity contribution >= 4 is 32.5 Å². The molecule has 0 saturated carbocycles. The van der Waals surface area contributed by atoms with Gasteiger partial charge in [-0.05, 0) is 35.0 Å². The first kappa shape index (κ1) is 20.2. The Morgan fingerprint density at radius 1 is 0.867 bits per heavy atom. The van der Waals surface area contributed by atoms with Crippen LogP contribution in [0.25, 0.3) is 10.8 Å². The number of nitrogens with one attached hydrogen (secondary N) is 1. The van der Waals surface area contributed by atoms with Crippen LogP contribution in [0.3, 0.4) is 0 Å². The van der Waals surface area contributed by atoms with E-state index in [1.807, 2.05) is 24.3 Å². The molecule has 3 aromatic carbocycles. The zero-order chi connectivity index (χ0) is 21.3. The molecule has 1 N–H and O–H groups in total. The number of rotatable bonds is 3. The third-order valence-electron chi connectivity index (χ3n) is 5.06. The number of fused-ring (bicyclic) bond motifs is 1. The lowest BCUT2D eigenvalue weighted by molar-refractivity contribution is 0.184. The third kappa shape index (κ3) is 3.99. The van der Waals surface area contributed by atoms with Gasteiger partial charge in [-0.25, -0.2) is 22.0 Å². The fraction of sp³-hybridized carbons (Fsp3) is 0.190. The predicted octanol–water partition coefficient (Wildman–Crippen LogP) is 3.66. The maximum Gasteiger partial charge on any atom is 0.322 e. The van der Waals surface area contributed by atoms with E-state index in [0.29, 0.717) is 6.07 Å². The number of urea groups is 1. The molecule has 1 aliphatic heterocycles. The topological polar surface area (TPSA) is 69.7 Å². The van der Waals surface area contributed by atoms with Crippen molar-refractivity contribution in [3.05, 3.63) is 72.3 Å². The second kappa shape index (κ2) is 8.00. The van der Waals surface area contributed by atoms with Crippen LogP contribution in [-0.2, 0) is 10.0 Å². The summed E-state index contributed by atoms with van der Waals surface area (Å²) in [7, 11) is -3.70. The SMILES string of the molecule is O=C(Nc1ccc(F)cc1F)N1CCN(S(=O)(=O)c2ccc3ccccc3c2)CC1. The highest BCUT2D eigenvalue weighted by atomic mass is 32.2. The highest BCUT2D eigenvalue weighted by Gasteiger charge is 2.30. The van der Waals surface area contributed by atoms with Crippen molar-refractivity contribution in [2.24, 2.45) is 0 Å². The molecule has 0 aromatic heterocycles. The quantitative estimate of drug-likeness (QED) is 0.688. The van der Waals surface area contributed by atoms with Gasteiger partial charge in [0.2, 0.25) is 10.0 Å². The van der Waals surface area contributed by atoms with E-state index in [-0.39, 0.29) is 36.8 Å². The molecule has 3 aromatic rings. The van der Waals surface area contributed by atoms with Gasteiger partial charge < -0.3 is 10.2 Å². The molecule has 2 amide bonds. The summed E-state index contributed by atoms with van der Waals surface area (Å²) >= 11 is 0. The fourth-order valence-corrected chi connectivity index (χ4v) is 4.85. The minimum absolute atomic E-state index is 0.120. The van der Waals surface area contributed by atoms with Crippen LogP contribution in [0.1, 0.15) is 0 Å². The Hall–Kier alpha value is -3.04. The molecule has 0 aliphatic carbocycles. The summed E-state index contributed by atoms with van der Waals surface area (Å²) in [6.07, 6.45) is 0. The molecule has 9 heteroatoms. The van der Waals surface area contributed by atoms with E-state index >= 15 is 0 Å². The summed E-state index contributed by atoms with van der Waals surface area (Å²) in [5.74, 6) is -1.61. The van der Waals surface area contributed by atoms with Gasteiger partial charge in [-0.2, -0.15) is 4.31 Å². The van der Waals surface area contributed by atoms with Crippen molar-refractivity contribution < 1.29 is 22.0 Å². The van der Waals surface area contributed by atoms with Crippen molar-refractivity contribution in [2.45, 2.75) is 4.90 Å². The number of anilines is 1. The third-order valence-corrected chi connectivity index (χ3v) is 6.95. The number of carbonyl (C=O) groups excluding carboxylic acids is 1. The summed E-state index contributed by atoms with van der Waals surface area (Å²) in [5, 5.41) is 4.17. The number of benzene rings is 3. The molecule has 30 heavy (non-hydrogen) atoms. The van der Waals surface area contributed by atoms with Crippen LogP contribution < -0.4 is 5.32 Å². The molecule has 0 bridgehead atoms. The van der Waals surface area contributed by atoms with E-state index in [1.54, 1.807) is 18.2 Å². The van der Waals surface area contributed by atoms with Gasteiger partial charge in [0.15, 0.2) is 0 Å². The summed E-state index contributed by atoms with van der Waals surface area (Å²) < 4.78 is 54.1. The first-order chi connectivity index (χ1) is 14.3. The van der Waals surface area contributed by atoms with Gasteiger partial charge in [0.05, 0.1) is 10.6 Å². The van der Waals surface area contributed by atoms with E-state index in [0.717, 1.165) is 22.9 Å². The highest BCUT2D eigenvalue weighted by Crippen LogP contribution is 2.23. The van der Waals surface area contributed by atoms with Crippen molar-refractivity contribution in [3.63, 3.8) is 0 Å². The second-order valence-electron chi connectivity index (χ2n) is 6.95. The number of nitrogens with zero attached hydrogens (tertiary/aromatic N) is 2. The van der Waals surface area contributed by atoms with Gasteiger partial charge in [-0.15, -0.1) is 0 Å². The molecule has 6 nitrogen and oxygen atoms in total. The fourth-order valence-electron chi connectivity index (χ4n) is 3.39. The van der Waals surface area contributed by atoms with E-state index in [2.05, 4.69) is 5.32 Å². The standard InChI is InChI=1S/C21H19F2N3O3S/c22-17-6-8-20(19(23)14-17)24-21(27)25-9-11-26(12-10-25)30(28,29)18-7-5-15-3-1-2-4-16(15)13-18/h1-8,13-14H,9-12H2,(H,24,27). The minimum atomic E-state index is -3.70. The van der Waals surface area contributed by atoms with Crippen LogP contribution in [0.5, 0.6) is 0 Å². The molecule has 1 fully saturated rings. The average Bonchev–Trinajstić information content (AvgIpc) is 2.75. The summed E-state index contributed by atoms with van der Waals surface area (Å²) in [4.78, 5) is 14.0. The number of piperazine rings is 1. The Morgan fingerprint density at radius 3 is 2.27 bits per heavy atom. The minimum Gasteiger partial charge on any atom is -0.322 e. The van der Waals surface area contributed by atoms with Crippen LogP contribution in [0, 0.1) is 11.6 Å². The van der Waals surface area contributed by atoms with Crippen LogP contribution in [0.4, 0.5) is 19.3 Å². The highest BCUT2D eigenvalue weighted by molar-refractivity contribution is 7.89. The smallest absolute Gasteiger partial charge is 0.322 e. The maximum atomic E-state index is 13.7. The van der Waals surface area contributed by atoms with Gasteiger partial charge in [0.25, 0.3) is 0 Å². The van der Waals surface area contributed by atoms with Gasteiger partial charge in [0.1, 0.15) is 11.6 Å². The molecule has 1 heterocycles. The lowest BCUT2D eigenvalue weighted by Gasteiger charge is -2.34. The van der Waals surface area contributed by atoms with Crippen LogP contribution >= 0.6 is 0 Å². The van der Waals surface area contributed by atoms with Crippen LogP contribution in [0.2, 0.25) is 0 Å². The Balaban J connectivity index is 1.43. The summed E-state index contributed by atoms with van der Waals surface area (Å²) in [6, 6.07) is 14.8. The molecule has 0 radical (unpaired) electrons. The number of amides is 2. The van der Waals surface area contributed by atoms with Crippen LogP contribution in [-0.4, -0.2) is 49.8 Å². The van der Waals surface area contributed by atoms with Gasteiger partial charge in [-0.3, -0.25) is 0 Å². The maximum absolute atomic E-state index is 13.7. The van der Waals surface area contributed by atoms with Gasteiger partial charge in [0, 0.05) is 32.2 Å². The molecule has 0 spiro atoms. The van der Waals surface area contributed by atoms with E-state index in [1.165, 1.54) is 9.21 Å². The van der Waals surface area contributed by atoms with Crippen molar-refractivity contribution in [1.29, 1.82) is 0 Å². The zero-order valence-corrected chi connectivity index (χ0v) is 16.7. The van der Waals surface area contributed by atoms with Crippen molar-refractivity contribution in [3.8, 4) is 0 Å².